The zero-order chi connectivity index (χ0) is 19.9. The molecule has 0 radical (unpaired) electrons. The molecule has 2 aromatic rings. The van der Waals surface area contributed by atoms with Gasteiger partial charge in [-0.05, 0) is 68.1 Å². The molecule has 3 atom stereocenters. The third-order valence-corrected chi connectivity index (χ3v) is 5.38. The largest absolute Gasteiger partial charge is 0.493 e. The molecular formula is C22H28ClNO4. The van der Waals surface area contributed by atoms with E-state index in [1.807, 2.05) is 36.4 Å². The van der Waals surface area contributed by atoms with E-state index < -0.39 is 6.10 Å². The SMILES string of the molecule is COc1ccc(CCN[C@H]2CCC[C@@H](Oc3cccc(Cl)c3)[C@@H]2O)cc1OC. The Morgan fingerprint density at radius 2 is 1.89 bits per heavy atom. The summed E-state index contributed by atoms with van der Waals surface area (Å²) in [6.45, 7) is 0.765. The first-order chi connectivity index (χ1) is 13.6. The average molecular weight is 406 g/mol. The molecule has 0 saturated heterocycles. The molecular weight excluding hydrogens is 378 g/mol. The van der Waals surface area contributed by atoms with E-state index in [0.29, 0.717) is 10.8 Å². The van der Waals surface area contributed by atoms with Crippen molar-refractivity contribution >= 4 is 11.6 Å². The summed E-state index contributed by atoms with van der Waals surface area (Å²) in [6, 6.07) is 13.3. The summed E-state index contributed by atoms with van der Waals surface area (Å²) in [7, 11) is 3.27. The number of nitrogens with one attached hydrogen (secondary N) is 1. The standard InChI is InChI=1S/C22H28ClNO4/c1-26-19-10-9-15(13-21(19)27-2)11-12-24-18-7-4-8-20(22(18)25)28-17-6-3-5-16(23)14-17/h3,5-6,9-10,13-14,18,20,22,24-25H,4,7-8,11-12H2,1-2H3/t18-,20+,22+/m0/s1. The van der Waals surface area contributed by atoms with Crippen LogP contribution in [0.5, 0.6) is 17.2 Å². The summed E-state index contributed by atoms with van der Waals surface area (Å²) in [4.78, 5) is 0. The van der Waals surface area contributed by atoms with Gasteiger partial charge in [0.2, 0.25) is 0 Å². The molecule has 5 nitrogen and oxygen atoms in total. The smallest absolute Gasteiger partial charge is 0.160 e. The molecule has 1 aliphatic rings. The van der Waals surface area contributed by atoms with Crippen LogP contribution >= 0.6 is 11.6 Å². The lowest BCUT2D eigenvalue weighted by molar-refractivity contribution is -0.0151. The normalized spacial score (nSPS) is 21.9. The molecule has 0 heterocycles. The third-order valence-electron chi connectivity index (χ3n) is 5.15. The fraction of sp³-hybridized carbons (Fsp3) is 0.455. The third kappa shape index (κ3) is 5.31. The predicted octanol–water partition coefficient (Wildman–Crippen LogP) is 3.85. The van der Waals surface area contributed by atoms with Gasteiger partial charge >= 0.3 is 0 Å². The Morgan fingerprint density at radius 3 is 2.64 bits per heavy atom. The van der Waals surface area contributed by atoms with Gasteiger partial charge in [0.1, 0.15) is 18.0 Å². The fourth-order valence-electron chi connectivity index (χ4n) is 3.64. The van der Waals surface area contributed by atoms with Gasteiger partial charge in [0.25, 0.3) is 0 Å². The van der Waals surface area contributed by atoms with Crippen LogP contribution in [0, 0.1) is 0 Å². The van der Waals surface area contributed by atoms with Crippen molar-refractivity contribution in [2.45, 2.75) is 43.9 Å². The molecule has 0 unspecified atom stereocenters. The van der Waals surface area contributed by atoms with E-state index >= 15 is 0 Å². The van der Waals surface area contributed by atoms with Gasteiger partial charge < -0.3 is 24.6 Å². The van der Waals surface area contributed by atoms with Gasteiger partial charge in [-0.25, -0.2) is 0 Å². The zero-order valence-corrected chi connectivity index (χ0v) is 17.1. The second-order valence-electron chi connectivity index (χ2n) is 7.04. The number of benzene rings is 2. The minimum absolute atomic E-state index is 0.0121. The maximum absolute atomic E-state index is 10.7. The summed E-state index contributed by atoms with van der Waals surface area (Å²) in [5.74, 6) is 2.15. The van der Waals surface area contributed by atoms with Crippen molar-refractivity contribution in [2.24, 2.45) is 0 Å². The van der Waals surface area contributed by atoms with E-state index in [1.165, 1.54) is 0 Å². The monoisotopic (exact) mass is 405 g/mol. The molecule has 0 aliphatic heterocycles. The molecule has 2 aromatic carbocycles. The molecule has 0 bridgehead atoms. The van der Waals surface area contributed by atoms with E-state index in [1.54, 1.807) is 20.3 Å². The molecule has 3 rings (SSSR count). The van der Waals surface area contributed by atoms with Crippen LogP contribution in [-0.4, -0.2) is 44.1 Å². The Balaban J connectivity index is 1.53. The highest BCUT2D eigenvalue weighted by atomic mass is 35.5. The van der Waals surface area contributed by atoms with Crippen LogP contribution in [0.1, 0.15) is 24.8 Å². The number of aliphatic hydroxyl groups excluding tert-OH is 1. The Kier molecular flexibility index (Phi) is 7.43. The van der Waals surface area contributed by atoms with Crippen LogP contribution in [0.3, 0.4) is 0 Å². The average Bonchev–Trinajstić information content (AvgIpc) is 2.70. The van der Waals surface area contributed by atoms with E-state index in [4.69, 9.17) is 25.8 Å². The summed E-state index contributed by atoms with van der Waals surface area (Å²) in [5, 5.41) is 14.9. The molecule has 0 amide bonds. The highest BCUT2D eigenvalue weighted by Gasteiger charge is 2.33. The number of hydrogen-bond donors (Lipinski definition) is 2. The van der Waals surface area contributed by atoms with Crippen molar-refractivity contribution in [2.75, 3.05) is 20.8 Å². The second kappa shape index (κ2) is 10.0. The number of halogens is 1. The molecule has 6 heteroatoms. The van der Waals surface area contributed by atoms with Gasteiger partial charge in [-0.15, -0.1) is 0 Å². The van der Waals surface area contributed by atoms with Crippen molar-refractivity contribution in [3.8, 4) is 17.2 Å². The van der Waals surface area contributed by atoms with Crippen LogP contribution in [0.2, 0.25) is 5.02 Å². The zero-order valence-electron chi connectivity index (χ0n) is 16.4. The lowest BCUT2D eigenvalue weighted by atomic mass is 9.89. The Bertz CT molecular complexity index is 770. The number of ether oxygens (including phenoxy) is 3. The highest BCUT2D eigenvalue weighted by molar-refractivity contribution is 6.30. The van der Waals surface area contributed by atoms with E-state index in [2.05, 4.69) is 5.32 Å². The number of methoxy groups -OCH3 is 2. The molecule has 1 fully saturated rings. The van der Waals surface area contributed by atoms with E-state index in [9.17, 15) is 5.11 Å². The fourth-order valence-corrected chi connectivity index (χ4v) is 3.82. The second-order valence-corrected chi connectivity index (χ2v) is 7.47. The first-order valence-electron chi connectivity index (χ1n) is 9.65. The highest BCUT2D eigenvalue weighted by Crippen LogP contribution is 2.28. The molecule has 2 N–H and O–H groups in total. The first-order valence-corrected chi connectivity index (χ1v) is 10.0. The van der Waals surface area contributed by atoms with Gasteiger partial charge in [-0.3, -0.25) is 0 Å². The Hall–Kier alpha value is -1.95. The molecule has 28 heavy (non-hydrogen) atoms. The number of hydrogen-bond acceptors (Lipinski definition) is 5. The lowest BCUT2D eigenvalue weighted by Gasteiger charge is -2.35. The van der Waals surface area contributed by atoms with Crippen molar-refractivity contribution in [1.29, 1.82) is 0 Å². The van der Waals surface area contributed by atoms with E-state index in [0.717, 1.165) is 49.3 Å². The number of aliphatic hydroxyl groups is 1. The summed E-state index contributed by atoms with van der Waals surface area (Å²) < 4.78 is 16.6. The molecule has 1 aliphatic carbocycles. The molecule has 152 valence electrons. The van der Waals surface area contributed by atoms with Crippen molar-refractivity contribution < 1.29 is 19.3 Å². The maximum Gasteiger partial charge on any atom is 0.160 e. The topological polar surface area (TPSA) is 60.0 Å². The summed E-state index contributed by atoms with van der Waals surface area (Å²) in [6.07, 6.45) is 2.83. The quantitative estimate of drug-likeness (QED) is 0.698. The van der Waals surface area contributed by atoms with Gasteiger partial charge in [-0.2, -0.15) is 0 Å². The molecule has 1 saturated carbocycles. The Labute approximate surface area is 171 Å². The molecule has 0 spiro atoms. The summed E-state index contributed by atoms with van der Waals surface area (Å²) >= 11 is 6.02. The predicted molar refractivity (Wildman–Crippen MR) is 111 cm³/mol. The van der Waals surface area contributed by atoms with Crippen LogP contribution in [0.15, 0.2) is 42.5 Å². The Morgan fingerprint density at radius 1 is 1.07 bits per heavy atom. The lowest BCUT2D eigenvalue weighted by Crippen LogP contribution is -2.51. The van der Waals surface area contributed by atoms with E-state index in [-0.39, 0.29) is 12.1 Å². The maximum atomic E-state index is 10.7. The number of rotatable bonds is 8. The van der Waals surface area contributed by atoms with Crippen molar-refractivity contribution in [1.82, 2.24) is 5.32 Å². The first kappa shape index (κ1) is 20.8. The van der Waals surface area contributed by atoms with Crippen LogP contribution in [-0.2, 0) is 6.42 Å². The van der Waals surface area contributed by atoms with Crippen molar-refractivity contribution in [3.63, 3.8) is 0 Å². The van der Waals surface area contributed by atoms with Crippen LogP contribution < -0.4 is 19.5 Å². The minimum Gasteiger partial charge on any atom is -0.493 e. The minimum atomic E-state index is -0.557. The molecule has 0 aromatic heterocycles. The van der Waals surface area contributed by atoms with Crippen LogP contribution in [0.25, 0.3) is 0 Å². The van der Waals surface area contributed by atoms with Gasteiger partial charge in [0.15, 0.2) is 11.5 Å². The van der Waals surface area contributed by atoms with Crippen molar-refractivity contribution in [3.05, 3.63) is 53.1 Å². The van der Waals surface area contributed by atoms with Crippen LogP contribution in [0.4, 0.5) is 0 Å². The van der Waals surface area contributed by atoms with Gasteiger partial charge in [-0.1, -0.05) is 23.7 Å². The van der Waals surface area contributed by atoms with Gasteiger partial charge in [0, 0.05) is 11.1 Å². The van der Waals surface area contributed by atoms with Gasteiger partial charge in [0.05, 0.1) is 14.2 Å². The summed E-state index contributed by atoms with van der Waals surface area (Å²) in [5.41, 5.74) is 1.15.